The lowest BCUT2D eigenvalue weighted by Crippen LogP contribution is -2.27. The van der Waals surface area contributed by atoms with Gasteiger partial charge in [0.2, 0.25) is 5.91 Å². The Bertz CT molecular complexity index is 484. The summed E-state index contributed by atoms with van der Waals surface area (Å²) in [7, 11) is 0. The van der Waals surface area contributed by atoms with Crippen molar-refractivity contribution in [3.63, 3.8) is 0 Å². The van der Waals surface area contributed by atoms with Crippen molar-refractivity contribution in [2.24, 2.45) is 0 Å². The van der Waals surface area contributed by atoms with Gasteiger partial charge in [-0.3, -0.25) is 4.79 Å². The van der Waals surface area contributed by atoms with Gasteiger partial charge in [-0.05, 0) is 30.9 Å². The van der Waals surface area contributed by atoms with Crippen molar-refractivity contribution in [1.29, 1.82) is 0 Å². The smallest absolute Gasteiger partial charge is 0.227 e. The van der Waals surface area contributed by atoms with Crippen molar-refractivity contribution in [3.8, 4) is 0 Å². The topological polar surface area (TPSA) is 20.3 Å². The van der Waals surface area contributed by atoms with Crippen LogP contribution in [0.25, 0.3) is 0 Å². The van der Waals surface area contributed by atoms with Crippen LogP contribution in [0.15, 0.2) is 6.07 Å². The van der Waals surface area contributed by atoms with E-state index < -0.39 is 11.6 Å². The van der Waals surface area contributed by atoms with Gasteiger partial charge in [0.1, 0.15) is 0 Å². The monoisotopic (exact) mass is 223 g/mol. The van der Waals surface area contributed by atoms with Crippen LogP contribution < -0.4 is 4.90 Å². The molecule has 0 spiro atoms. The maximum Gasteiger partial charge on any atom is 0.227 e. The Morgan fingerprint density at radius 3 is 2.81 bits per heavy atom. The number of rotatable bonds is 0. The Morgan fingerprint density at radius 2 is 2.00 bits per heavy atom. The third kappa shape index (κ3) is 1.19. The molecular formula is C12H11F2NO. The fraction of sp³-hybridized carbons (Fsp3) is 0.417. The van der Waals surface area contributed by atoms with E-state index in [-0.39, 0.29) is 5.91 Å². The largest absolute Gasteiger partial charge is 0.311 e. The van der Waals surface area contributed by atoms with E-state index in [0.717, 1.165) is 5.56 Å². The van der Waals surface area contributed by atoms with Crippen LogP contribution in [-0.4, -0.2) is 12.5 Å². The molecule has 0 N–H and O–H groups in total. The Morgan fingerprint density at radius 1 is 1.19 bits per heavy atom. The molecule has 0 saturated carbocycles. The number of hydrogen-bond donors (Lipinski definition) is 0. The first-order valence-electron chi connectivity index (χ1n) is 5.48. The highest BCUT2D eigenvalue weighted by Crippen LogP contribution is 2.38. The maximum atomic E-state index is 13.7. The molecule has 0 aliphatic carbocycles. The Balaban J connectivity index is 2.27. The number of nitrogens with zero attached hydrogens (tertiary/aromatic N) is 1. The van der Waals surface area contributed by atoms with Gasteiger partial charge in [0.05, 0.1) is 5.69 Å². The van der Waals surface area contributed by atoms with Crippen LogP contribution in [0.5, 0.6) is 0 Å². The van der Waals surface area contributed by atoms with Crippen molar-refractivity contribution in [2.45, 2.75) is 25.7 Å². The number of carbonyl (C=O) groups is 1. The zero-order chi connectivity index (χ0) is 11.3. The zero-order valence-corrected chi connectivity index (χ0v) is 8.72. The first-order chi connectivity index (χ1) is 7.68. The first kappa shape index (κ1) is 9.75. The molecule has 1 amide bonds. The average Bonchev–Trinajstić information content (AvgIpc) is 2.58. The summed E-state index contributed by atoms with van der Waals surface area (Å²) in [6.45, 7) is 0.560. The minimum Gasteiger partial charge on any atom is -0.311 e. The van der Waals surface area contributed by atoms with Crippen LogP contribution in [0.4, 0.5) is 14.5 Å². The molecule has 0 radical (unpaired) electrons. The minimum absolute atomic E-state index is 0.0310. The summed E-state index contributed by atoms with van der Waals surface area (Å²) >= 11 is 0. The molecule has 0 unspecified atom stereocenters. The highest BCUT2D eigenvalue weighted by Gasteiger charge is 2.32. The lowest BCUT2D eigenvalue weighted by Gasteiger charge is -2.17. The Labute approximate surface area is 91.9 Å². The van der Waals surface area contributed by atoms with Gasteiger partial charge in [-0.15, -0.1) is 0 Å². The molecule has 84 valence electrons. The lowest BCUT2D eigenvalue weighted by atomic mass is 10.0. The Hall–Kier alpha value is -1.45. The predicted molar refractivity (Wildman–Crippen MR) is 55.4 cm³/mol. The summed E-state index contributed by atoms with van der Waals surface area (Å²) in [4.78, 5) is 13.4. The summed E-state index contributed by atoms with van der Waals surface area (Å²) in [6, 6.07) is 1.23. The molecule has 0 saturated heterocycles. The molecule has 2 heterocycles. The quantitative estimate of drug-likeness (QED) is 0.660. The van der Waals surface area contributed by atoms with Crippen LogP contribution in [0.2, 0.25) is 0 Å². The van der Waals surface area contributed by atoms with Crippen LogP contribution in [0.3, 0.4) is 0 Å². The molecule has 1 aromatic carbocycles. The number of carbonyl (C=O) groups excluding carboxylic acids is 1. The van der Waals surface area contributed by atoms with Gasteiger partial charge >= 0.3 is 0 Å². The molecule has 2 aliphatic rings. The second-order valence-electron chi connectivity index (χ2n) is 4.31. The van der Waals surface area contributed by atoms with Gasteiger partial charge in [0.25, 0.3) is 0 Å². The van der Waals surface area contributed by atoms with Crippen molar-refractivity contribution in [3.05, 3.63) is 28.8 Å². The normalized spacial score (nSPS) is 18.6. The molecular weight excluding hydrogens is 212 g/mol. The van der Waals surface area contributed by atoms with E-state index in [1.807, 2.05) is 0 Å². The van der Waals surface area contributed by atoms with Crippen LogP contribution in [0, 0.1) is 11.6 Å². The van der Waals surface area contributed by atoms with E-state index in [0.29, 0.717) is 43.5 Å². The highest BCUT2D eigenvalue weighted by molar-refractivity contribution is 5.97. The fourth-order valence-electron chi connectivity index (χ4n) is 2.63. The first-order valence-corrected chi connectivity index (χ1v) is 5.48. The van der Waals surface area contributed by atoms with E-state index in [4.69, 9.17) is 0 Å². The van der Waals surface area contributed by atoms with E-state index in [1.165, 1.54) is 6.07 Å². The van der Waals surface area contributed by atoms with E-state index in [2.05, 4.69) is 0 Å². The zero-order valence-electron chi connectivity index (χ0n) is 8.72. The van der Waals surface area contributed by atoms with Gasteiger partial charge in [-0.25, -0.2) is 8.78 Å². The molecule has 2 nitrogen and oxygen atoms in total. The van der Waals surface area contributed by atoms with E-state index >= 15 is 0 Å². The van der Waals surface area contributed by atoms with Gasteiger partial charge in [0.15, 0.2) is 11.6 Å². The molecule has 16 heavy (non-hydrogen) atoms. The van der Waals surface area contributed by atoms with Crippen molar-refractivity contribution in [1.82, 2.24) is 0 Å². The second kappa shape index (κ2) is 3.27. The number of amides is 1. The molecule has 0 bridgehead atoms. The third-order valence-electron chi connectivity index (χ3n) is 3.36. The van der Waals surface area contributed by atoms with Gasteiger partial charge < -0.3 is 4.90 Å². The molecule has 2 aliphatic heterocycles. The molecule has 0 fully saturated rings. The summed E-state index contributed by atoms with van der Waals surface area (Å²) < 4.78 is 27.0. The third-order valence-corrected chi connectivity index (χ3v) is 3.36. The average molecular weight is 223 g/mol. The SMILES string of the molecule is O=C1CCCc2c(F)c(F)cc3c2N1CC3. The van der Waals surface area contributed by atoms with Gasteiger partial charge in [-0.1, -0.05) is 0 Å². The maximum absolute atomic E-state index is 13.7. The molecule has 0 aromatic heterocycles. The lowest BCUT2D eigenvalue weighted by molar-refractivity contribution is -0.118. The number of anilines is 1. The highest BCUT2D eigenvalue weighted by atomic mass is 19.2. The minimum atomic E-state index is -0.787. The van der Waals surface area contributed by atoms with E-state index in [1.54, 1.807) is 4.90 Å². The number of hydrogen-bond acceptors (Lipinski definition) is 1. The van der Waals surface area contributed by atoms with Gasteiger partial charge in [-0.2, -0.15) is 0 Å². The summed E-state index contributed by atoms with van der Waals surface area (Å²) in [5.74, 6) is -1.53. The van der Waals surface area contributed by atoms with Crippen molar-refractivity contribution < 1.29 is 13.6 Å². The van der Waals surface area contributed by atoms with Crippen LogP contribution >= 0.6 is 0 Å². The van der Waals surface area contributed by atoms with Gasteiger partial charge in [0, 0.05) is 18.5 Å². The Kier molecular flexibility index (Phi) is 1.99. The second-order valence-corrected chi connectivity index (χ2v) is 4.31. The number of halogens is 2. The summed E-state index contributed by atoms with van der Waals surface area (Å²) in [5.41, 5.74) is 1.80. The molecule has 3 rings (SSSR count). The number of benzene rings is 1. The van der Waals surface area contributed by atoms with Crippen LogP contribution in [-0.2, 0) is 17.6 Å². The summed E-state index contributed by atoms with van der Waals surface area (Å²) in [6.07, 6.45) is 2.11. The van der Waals surface area contributed by atoms with E-state index in [9.17, 15) is 13.6 Å². The standard InChI is InChI=1S/C12H11F2NO/c13-9-6-7-4-5-15-10(16)3-1-2-8(11(9)14)12(7)15/h6H,1-5H2. The molecule has 4 heteroatoms. The predicted octanol–water partition coefficient (Wildman–Crippen LogP) is 2.19. The molecule has 1 aromatic rings. The van der Waals surface area contributed by atoms with Crippen LogP contribution in [0.1, 0.15) is 24.0 Å². The summed E-state index contributed by atoms with van der Waals surface area (Å²) in [5, 5.41) is 0. The van der Waals surface area contributed by atoms with Crippen molar-refractivity contribution in [2.75, 3.05) is 11.4 Å². The fourth-order valence-corrected chi connectivity index (χ4v) is 2.63. The van der Waals surface area contributed by atoms with Crippen molar-refractivity contribution >= 4 is 11.6 Å². The molecule has 0 atom stereocenters.